The van der Waals surface area contributed by atoms with Crippen LogP contribution in [0.1, 0.15) is 45.9 Å². The van der Waals surface area contributed by atoms with Crippen LogP contribution in [0.4, 0.5) is 16.2 Å². The number of urea groups is 1. The molecular formula is C31H31N5O4. The summed E-state index contributed by atoms with van der Waals surface area (Å²) in [6.07, 6.45) is 6.25. The first-order valence-electron chi connectivity index (χ1n) is 13.2. The molecule has 0 saturated heterocycles. The van der Waals surface area contributed by atoms with Crippen molar-refractivity contribution in [1.82, 2.24) is 14.9 Å². The number of hydrogen-bond acceptors (Lipinski definition) is 5. The van der Waals surface area contributed by atoms with Crippen LogP contribution >= 0.6 is 0 Å². The standard InChI is InChI=1S/C31H31N5O4/c1-36-18-23(17-28(30(36)39)35-31(40)33-16-14-24-5-2-3-15-32-24)25-6-4-7-27(26(25)19-37)34-29(38)22-12-10-21(11-13-22)20-8-9-20/h2-7,10-13,15,17-18,20,37H,8-9,14,16,19H2,1H3,(H,34,38)(H2,33,35,40). The van der Waals surface area contributed by atoms with Crippen LogP contribution in [0.15, 0.2) is 83.9 Å². The quantitative estimate of drug-likeness (QED) is 0.251. The van der Waals surface area contributed by atoms with E-state index < -0.39 is 6.03 Å². The molecule has 9 heteroatoms. The molecule has 0 radical (unpaired) electrons. The first-order chi connectivity index (χ1) is 19.4. The zero-order chi connectivity index (χ0) is 28.1. The van der Waals surface area contributed by atoms with Gasteiger partial charge in [-0.3, -0.25) is 14.6 Å². The molecule has 1 saturated carbocycles. The average Bonchev–Trinajstić information content (AvgIpc) is 3.82. The molecule has 40 heavy (non-hydrogen) atoms. The average molecular weight is 538 g/mol. The molecule has 4 aromatic rings. The van der Waals surface area contributed by atoms with E-state index in [1.54, 1.807) is 43.7 Å². The number of rotatable bonds is 9. The number of nitrogens with zero attached hydrogens (tertiary/aromatic N) is 2. The van der Waals surface area contributed by atoms with Crippen LogP contribution in [0.25, 0.3) is 11.1 Å². The Morgan fingerprint density at radius 1 is 1.00 bits per heavy atom. The fourth-order valence-corrected chi connectivity index (χ4v) is 4.63. The number of anilines is 2. The Labute approximate surface area is 231 Å². The molecule has 1 aliphatic carbocycles. The Bertz CT molecular complexity index is 1580. The molecule has 204 valence electrons. The number of aliphatic hydroxyl groups is 1. The number of carbonyl (C=O) groups excluding carboxylic acids is 2. The van der Waals surface area contributed by atoms with E-state index in [-0.39, 0.29) is 23.8 Å². The van der Waals surface area contributed by atoms with Gasteiger partial charge in [-0.2, -0.15) is 0 Å². The lowest BCUT2D eigenvalue weighted by molar-refractivity contribution is 0.102. The second-order valence-corrected chi connectivity index (χ2v) is 9.85. The Kier molecular flexibility index (Phi) is 8.02. The van der Waals surface area contributed by atoms with Crippen molar-refractivity contribution in [2.45, 2.75) is 31.8 Å². The summed E-state index contributed by atoms with van der Waals surface area (Å²) >= 11 is 0. The SMILES string of the molecule is Cn1cc(-c2cccc(NC(=O)c3ccc(C4CC4)cc3)c2CO)cc(NC(=O)NCCc2ccccn2)c1=O. The van der Waals surface area contributed by atoms with Crippen LogP contribution in [-0.2, 0) is 20.1 Å². The van der Waals surface area contributed by atoms with Crippen LogP contribution in [0.5, 0.6) is 0 Å². The number of carbonyl (C=O) groups is 2. The Balaban J connectivity index is 1.33. The number of aliphatic hydroxyl groups excluding tert-OH is 1. The molecule has 1 fully saturated rings. The van der Waals surface area contributed by atoms with Gasteiger partial charge in [-0.15, -0.1) is 0 Å². The second kappa shape index (κ2) is 12.0. The molecule has 1 aliphatic rings. The van der Waals surface area contributed by atoms with E-state index in [1.807, 2.05) is 42.5 Å². The molecule has 2 aromatic carbocycles. The minimum absolute atomic E-state index is 0.0874. The lowest BCUT2D eigenvalue weighted by Gasteiger charge is -2.16. The van der Waals surface area contributed by atoms with Gasteiger partial charge in [0, 0.05) is 60.5 Å². The largest absolute Gasteiger partial charge is 0.392 e. The van der Waals surface area contributed by atoms with E-state index >= 15 is 0 Å². The van der Waals surface area contributed by atoms with Gasteiger partial charge in [-0.05, 0) is 66.3 Å². The first kappa shape index (κ1) is 26.8. The molecule has 0 aliphatic heterocycles. The zero-order valence-electron chi connectivity index (χ0n) is 22.2. The van der Waals surface area contributed by atoms with Crippen molar-refractivity contribution in [3.8, 4) is 11.1 Å². The molecular weight excluding hydrogens is 506 g/mol. The summed E-state index contributed by atoms with van der Waals surface area (Å²) in [6.45, 7) is 0.00851. The van der Waals surface area contributed by atoms with E-state index in [0.717, 1.165) is 5.69 Å². The van der Waals surface area contributed by atoms with Crippen molar-refractivity contribution in [2.75, 3.05) is 17.2 Å². The molecule has 2 heterocycles. The smallest absolute Gasteiger partial charge is 0.319 e. The van der Waals surface area contributed by atoms with Gasteiger partial charge in [0.05, 0.1) is 6.61 Å². The van der Waals surface area contributed by atoms with Crippen molar-refractivity contribution in [3.63, 3.8) is 0 Å². The number of benzene rings is 2. The topological polar surface area (TPSA) is 125 Å². The van der Waals surface area contributed by atoms with Crippen molar-refractivity contribution < 1.29 is 14.7 Å². The van der Waals surface area contributed by atoms with E-state index in [9.17, 15) is 19.5 Å². The van der Waals surface area contributed by atoms with Gasteiger partial charge < -0.3 is 25.6 Å². The lowest BCUT2D eigenvalue weighted by Crippen LogP contribution is -2.33. The summed E-state index contributed by atoms with van der Waals surface area (Å²) in [5, 5.41) is 18.6. The van der Waals surface area contributed by atoms with Gasteiger partial charge in [-0.1, -0.05) is 30.3 Å². The van der Waals surface area contributed by atoms with Crippen LogP contribution in [0.3, 0.4) is 0 Å². The fourth-order valence-electron chi connectivity index (χ4n) is 4.63. The number of pyridine rings is 2. The molecule has 5 rings (SSSR count). The van der Waals surface area contributed by atoms with Gasteiger partial charge in [0.1, 0.15) is 5.69 Å². The summed E-state index contributed by atoms with van der Waals surface area (Å²) in [5.74, 6) is 0.327. The highest BCUT2D eigenvalue weighted by Gasteiger charge is 2.23. The van der Waals surface area contributed by atoms with Crippen molar-refractivity contribution in [1.29, 1.82) is 0 Å². The molecule has 9 nitrogen and oxygen atoms in total. The van der Waals surface area contributed by atoms with Crippen LogP contribution in [0, 0.1) is 0 Å². The van der Waals surface area contributed by atoms with E-state index in [0.29, 0.717) is 46.8 Å². The third-order valence-electron chi connectivity index (χ3n) is 6.94. The van der Waals surface area contributed by atoms with Crippen molar-refractivity contribution in [3.05, 3.63) is 112 Å². The van der Waals surface area contributed by atoms with Gasteiger partial charge in [0.2, 0.25) is 0 Å². The van der Waals surface area contributed by atoms with Crippen molar-refractivity contribution in [2.24, 2.45) is 7.05 Å². The highest BCUT2D eigenvalue weighted by molar-refractivity contribution is 6.05. The summed E-state index contributed by atoms with van der Waals surface area (Å²) in [6, 6.07) is 19.5. The van der Waals surface area contributed by atoms with Crippen molar-refractivity contribution >= 4 is 23.3 Å². The van der Waals surface area contributed by atoms with E-state index in [4.69, 9.17) is 0 Å². The summed E-state index contributed by atoms with van der Waals surface area (Å²) in [7, 11) is 1.59. The number of aryl methyl sites for hydroxylation is 1. The molecule has 0 unspecified atom stereocenters. The zero-order valence-corrected chi connectivity index (χ0v) is 22.2. The predicted octanol–water partition coefficient (Wildman–Crippen LogP) is 4.43. The maximum Gasteiger partial charge on any atom is 0.319 e. The van der Waals surface area contributed by atoms with E-state index in [1.165, 1.54) is 23.0 Å². The minimum atomic E-state index is -0.513. The van der Waals surface area contributed by atoms with Crippen LogP contribution in [0.2, 0.25) is 0 Å². The van der Waals surface area contributed by atoms with Gasteiger partial charge in [0.15, 0.2) is 0 Å². The highest BCUT2D eigenvalue weighted by atomic mass is 16.3. The fraction of sp³-hybridized carbons (Fsp3) is 0.226. The normalized spacial score (nSPS) is 12.6. The maximum absolute atomic E-state index is 13.0. The summed E-state index contributed by atoms with van der Waals surface area (Å²) in [5.41, 5.74) is 4.51. The highest BCUT2D eigenvalue weighted by Crippen LogP contribution is 2.40. The number of hydrogen-bond donors (Lipinski definition) is 4. The molecule has 0 spiro atoms. The number of amides is 3. The maximum atomic E-state index is 13.0. The Hall–Kier alpha value is -4.76. The van der Waals surface area contributed by atoms with Gasteiger partial charge in [-0.25, -0.2) is 4.79 Å². The minimum Gasteiger partial charge on any atom is -0.392 e. The number of aromatic nitrogens is 2. The molecule has 4 N–H and O–H groups in total. The third-order valence-corrected chi connectivity index (χ3v) is 6.94. The van der Waals surface area contributed by atoms with Crippen LogP contribution < -0.4 is 21.5 Å². The molecule has 2 aromatic heterocycles. The van der Waals surface area contributed by atoms with Gasteiger partial charge in [0.25, 0.3) is 11.5 Å². The first-order valence-corrected chi connectivity index (χ1v) is 13.2. The third kappa shape index (κ3) is 6.27. The molecule has 0 atom stereocenters. The van der Waals surface area contributed by atoms with E-state index in [2.05, 4.69) is 20.9 Å². The molecule has 3 amide bonds. The number of nitrogens with one attached hydrogen (secondary N) is 3. The van der Waals surface area contributed by atoms with Gasteiger partial charge >= 0.3 is 6.03 Å². The Morgan fingerprint density at radius 2 is 1.80 bits per heavy atom. The summed E-state index contributed by atoms with van der Waals surface area (Å²) < 4.78 is 1.37. The second-order valence-electron chi connectivity index (χ2n) is 9.85. The molecule has 0 bridgehead atoms. The predicted molar refractivity (Wildman–Crippen MR) is 154 cm³/mol. The monoisotopic (exact) mass is 537 g/mol. The Morgan fingerprint density at radius 3 is 2.50 bits per heavy atom. The van der Waals surface area contributed by atoms with Crippen LogP contribution in [-0.4, -0.2) is 33.1 Å². The summed E-state index contributed by atoms with van der Waals surface area (Å²) in [4.78, 5) is 42.5. The lowest BCUT2D eigenvalue weighted by atomic mass is 9.99.